The Labute approximate surface area is 143 Å². The van der Waals surface area contributed by atoms with E-state index in [1.807, 2.05) is 41.1 Å². The van der Waals surface area contributed by atoms with E-state index < -0.39 is 0 Å². The van der Waals surface area contributed by atoms with E-state index >= 15 is 0 Å². The number of nitrogens with one attached hydrogen (secondary N) is 1. The van der Waals surface area contributed by atoms with Gasteiger partial charge in [-0.05, 0) is 5.92 Å². The summed E-state index contributed by atoms with van der Waals surface area (Å²) in [6, 6.07) is 9.98. The Bertz CT molecular complexity index is 793. The Balaban J connectivity index is 1.63. The van der Waals surface area contributed by atoms with Gasteiger partial charge in [0.15, 0.2) is 5.13 Å². The zero-order chi connectivity index (χ0) is 16.2. The van der Waals surface area contributed by atoms with Crippen molar-refractivity contribution < 1.29 is 4.79 Å². The summed E-state index contributed by atoms with van der Waals surface area (Å²) in [5.74, 6) is 0.281. The van der Waals surface area contributed by atoms with E-state index in [9.17, 15) is 4.79 Å². The molecule has 6 heteroatoms. The maximum atomic E-state index is 12.1. The standard InChI is InChI=1S/C17H17N3OS2/c1-11(2)14-10-23-17(19-14)20-15(21)8-13-9-22-16(18-13)12-6-4-3-5-7-12/h3-7,9-11H,8H2,1-2H3,(H,19,20,21). The number of thiazole rings is 2. The van der Waals surface area contributed by atoms with Crippen LogP contribution in [0, 0.1) is 0 Å². The van der Waals surface area contributed by atoms with Crippen LogP contribution in [0.3, 0.4) is 0 Å². The lowest BCUT2D eigenvalue weighted by atomic mass is 10.2. The largest absolute Gasteiger partial charge is 0.302 e. The number of anilines is 1. The summed E-state index contributed by atoms with van der Waals surface area (Å²) in [6.07, 6.45) is 0.264. The Kier molecular flexibility index (Phi) is 4.83. The molecule has 1 aromatic carbocycles. The predicted molar refractivity (Wildman–Crippen MR) is 96.1 cm³/mol. The van der Waals surface area contributed by atoms with E-state index in [2.05, 4.69) is 29.1 Å². The van der Waals surface area contributed by atoms with Crippen LogP contribution < -0.4 is 5.32 Å². The number of carbonyl (C=O) groups excluding carboxylic acids is 1. The van der Waals surface area contributed by atoms with Crippen molar-refractivity contribution in [2.45, 2.75) is 26.2 Å². The Morgan fingerprint density at radius 2 is 1.91 bits per heavy atom. The van der Waals surface area contributed by atoms with Gasteiger partial charge < -0.3 is 5.32 Å². The van der Waals surface area contributed by atoms with E-state index in [-0.39, 0.29) is 12.3 Å². The third-order valence-corrected chi connectivity index (χ3v) is 4.99. The molecule has 23 heavy (non-hydrogen) atoms. The zero-order valence-electron chi connectivity index (χ0n) is 12.9. The van der Waals surface area contributed by atoms with E-state index in [1.54, 1.807) is 11.3 Å². The minimum absolute atomic E-state index is 0.0837. The second-order valence-electron chi connectivity index (χ2n) is 5.47. The van der Waals surface area contributed by atoms with E-state index in [1.165, 1.54) is 11.3 Å². The highest BCUT2D eigenvalue weighted by Crippen LogP contribution is 2.24. The third-order valence-electron chi connectivity index (χ3n) is 3.27. The first kappa shape index (κ1) is 15.8. The molecule has 2 heterocycles. The summed E-state index contributed by atoms with van der Waals surface area (Å²) in [5.41, 5.74) is 2.86. The molecule has 0 saturated carbocycles. The summed E-state index contributed by atoms with van der Waals surface area (Å²) < 4.78 is 0. The summed E-state index contributed by atoms with van der Waals surface area (Å²) in [4.78, 5) is 21.1. The summed E-state index contributed by atoms with van der Waals surface area (Å²) >= 11 is 3.01. The first-order valence-electron chi connectivity index (χ1n) is 7.37. The average Bonchev–Trinajstić information content (AvgIpc) is 3.18. The normalized spacial score (nSPS) is 10.9. The van der Waals surface area contributed by atoms with Crippen molar-refractivity contribution >= 4 is 33.7 Å². The second kappa shape index (κ2) is 7.02. The maximum Gasteiger partial charge on any atom is 0.232 e. The molecule has 1 N–H and O–H groups in total. The molecule has 2 aromatic heterocycles. The van der Waals surface area contributed by atoms with E-state index in [4.69, 9.17) is 0 Å². The van der Waals surface area contributed by atoms with Crippen molar-refractivity contribution in [3.8, 4) is 10.6 Å². The van der Waals surface area contributed by atoms with Crippen molar-refractivity contribution in [1.82, 2.24) is 9.97 Å². The highest BCUT2D eigenvalue weighted by molar-refractivity contribution is 7.14. The number of nitrogens with zero attached hydrogens (tertiary/aromatic N) is 2. The fourth-order valence-electron chi connectivity index (χ4n) is 2.04. The van der Waals surface area contributed by atoms with Crippen molar-refractivity contribution in [2.24, 2.45) is 0 Å². The molecule has 0 unspecified atom stereocenters. The second-order valence-corrected chi connectivity index (χ2v) is 7.18. The molecule has 0 fully saturated rings. The van der Waals surface area contributed by atoms with Gasteiger partial charge in [0.1, 0.15) is 5.01 Å². The number of hydrogen-bond acceptors (Lipinski definition) is 5. The number of benzene rings is 1. The summed E-state index contributed by atoms with van der Waals surface area (Å²) in [7, 11) is 0. The zero-order valence-corrected chi connectivity index (χ0v) is 14.6. The molecule has 0 atom stereocenters. The molecule has 4 nitrogen and oxygen atoms in total. The lowest BCUT2D eigenvalue weighted by Gasteiger charge is -2.00. The van der Waals surface area contributed by atoms with Gasteiger partial charge in [0.2, 0.25) is 5.91 Å². The van der Waals surface area contributed by atoms with Gasteiger partial charge in [-0.15, -0.1) is 22.7 Å². The molecule has 3 aromatic rings. The van der Waals surface area contributed by atoms with Crippen LogP contribution in [0.2, 0.25) is 0 Å². The van der Waals surface area contributed by atoms with Crippen molar-refractivity contribution in [3.63, 3.8) is 0 Å². The number of amides is 1. The molecular weight excluding hydrogens is 326 g/mol. The Morgan fingerprint density at radius 1 is 1.13 bits per heavy atom. The molecule has 0 spiro atoms. The van der Waals surface area contributed by atoms with Crippen molar-refractivity contribution in [2.75, 3.05) is 5.32 Å². The van der Waals surface area contributed by atoms with Gasteiger partial charge in [-0.25, -0.2) is 9.97 Å². The molecule has 0 aliphatic heterocycles. The van der Waals surface area contributed by atoms with Crippen LogP contribution in [0.4, 0.5) is 5.13 Å². The van der Waals surface area contributed by atoms with Gasteiger partial charge in [-0.1, -0.05) is 44.2 Å². The molecule has 118 valence electrons. The number of hydrogen-bond donors (Lipinski definition) is 1. The SMILES string of the molecule is CC(C)c1csc(NC(=O)Cc2csc(-c3ccccc3)n2)n1. The van der Waals surface area contributed by atoms with Crippen molar-refractivity contribution in [3.05, 3.63) is 52.5 Å². The number of carbonyl (C=O) groups is 1. The number of rotatable bonds is 5. The molecule has 3 rings (SSSR count). The molecule has 1 amide bonds. The van der Waals surface area contributed by atoms with Gasteiger partial charge in [0.25, 0.3) is 0 Å². The number of aromatic nitrogens is 2. The smallest absolute Gasteiger partial charge is 0.232 e. The fraction of sp³-hybridized carbons (Fsp3) is 0.235. The average molecular weight is 343 g/mol. The quantitative estimate of drug-likeness (QED) is 0.738. The minimum atomic E-state index is -0.0837. The third kappa shape index (κ3) is 4.03. The van der Waals surface area contributed by atoms with Crippen molar-refractivity contribution in [1.29, 1.82) is 0 Å². The van der Waals surface area contributed by atoms with Gasteiger partial charge in [-0.3, -0.25) is 4.79 Å². The van der Waals surface area contributed by atoms with Gasteiger partial charge in [-0.2, -0.15) is 0 Å². The van der Waals surface area contributed by atoms with Crippen LogP contribution in [0.15, 0.2) is 41.1 Å². The first-order chi connectivity index (χ1) is 11.1. The van der Waals surface area contributed by atoms with E-state index in [0.29, 0.717) is 11.0 Å². The molecule has 0 saturated heterocycles. The molecule has 0 radical (unpaired) electrons. The first-order valence-corrected chi connectivity index (χ1v) is 9.13. The summed E-state index contributed by atoms with van der Waals surface area (Å²) in [6.45, 7) is 4.17. The highest BCUT2D eigenvalue weighted by Gasteiger charge is 2.12. The fourth-order valence-corrected chi connectivity index (χ4v) is 3.75. The highest BCUT2D eigenvalue weighted by atomic mass is 32.1. The lowest BCUT2D eigenvalue weighted by molar-refractivity contribution is -0.115. The minimum Gasteiger partial charge on any atom is -0.302 e. The van der Waals surface area contributed by atoms with Crippen LogP contribution >= 0.6 is 22.7 Å². The van der Waals surface area contributed by atoms with Crippen LogP contribution in [0.25, 0.3) is 10.6 Å². The van der Waals surface area contributed by atoms with Crippen LogP contribution in [0.5, 0.6) is 0 Å². The van der Waals surface area contributed by atoms with Gasteiger partial charge in [0, 0.05) is 16.3 Å². The Morgan fingerprint density at radius 3 is 2.61 bits per heavy atom. The molecular formula is C17H17N3OS2. The molecule has 0 aliphatic rings. The maximum absolute atomic E-state index is 12.1. The van der Waals surface area contributed by atoms with Gasteiger partial charge >= 0.3 is 0 Å². The van der Waals surface area contributed by atoms with Crippen LogP contribution in [-0.2, 0) is 11.2 Å². The van der Waals surface area contributed by atoms with Crippen LogP contribution in [0.1, 0.15) is 31.2 Å². The van der Waals surface area contributed by atoms with Gasteiger partial charge in [0.05, 0.1) is 17.8 Å². The summed E-state index contributed by atoms with van der Waals surface area (Å²) in [5, 5.41) is 8.35. The Hall–Kier alpha value is -2.05. The van der Waals surface area contributed by atoms with Crippen LogP contribution in [-0.4, -0.2) is 15.9 Å². The monoisotopic (exact) mass is 343 g/mol. The molecule has 0 bridgehead atoms. The van der Waals surface area contributed by atoms with E-state index in [0.717, 1.165) is 22.0 Å². The lowest BCUT2D eigenvalue weighted by Crippen LogP contribution is -2.14. The predicted octanol–water partition coefficient (Wildman–Crippen LogP) is 4.57. The topological polar surface area (TPSA) is 54.9 Å². The molecule has 0 aliphatic carbocycles.